The molecule has 1 aromatic rings. The summed E-state index contributed by atoms with van der Waals surface area (Å²) in [6.45, 7) is 6.74. The average molecular weight is 417 g/mol. The predicted molar refractivity (Wildman–Crippen MR) is 92.6 cm³/mol. The Morgan fingerprint density at radius 3 is 2.21 bits per heavy atom. The largest absolute Gasteiger partial charge is 0.418 e. The van der Waals surface area contributed by atoms with Gasteiger partial charge in [0.2, 0.25) is 0 Å². The molecule has 3 saturated heterocycles. The molecule has 3 aliphatic rings. The number of carbonyl (C=O) groups excluding carboxylic acids is 1. The second-order valence-corrected chi connectivity index (χ2v) is 8.12. The summed E-state index contributed by atoms with van der Waals surface area (Å²) in [5.74, 6) is -2.78. The molecule has 1 aromatic carbocycles. The van der Waals surface area contributed by atoms with E-state index in [0.29, 0.717) is 0 Å². The van der Waals surface area contributed by atoms with Gasteiger partial charge in [0.05, 0.1) is 11.3 Å². The molecule has 3 aliphatic heterocycles. The zero-order chi connectivity index (χ0) is 21.2. The number of para-hydroxylation sites is 1. The molecule has 160 valence electrons. The molecule has 1 amide bonds. The molecule has 0 radical (unpaired) electrons. The Balaban J connectivity index is 1.60. The van der Waals surface area contributed by atoms with Crippen LogP contribution in [0.15, 0.2) is 24.3 Å². The molecule has 3 fully saturated rings. The van der Waals surface area contributed by atoms with Crippen molar-refractivity contribution in [3.8, 4) is 0 Å². The van der Waals surface area contributed by atoms with Crippen LogP contribution in [0.2, 0.25) is 0 Å². The number of ether oxygens (including phenoxy) is 5. The van der Waals surface area contributed by atoms with Gasteiger partial charge in [-0.05, 0) is 39.8 Å². The van der Waals surface area contributed by atoms with Gasteiger partial charge in [-0.25, -0.2) is 0 Å². The van der Waals surface area contributed by atoms with E-state index < -0.39 is 59.9 Å². The summed E-state index contributed by atoms with van der Waals surface area (Å²) in [5.41, 5.74) is -1.32. The maximum Gasteiger partial charge on any atom is 0.418 e. The topological polar surface area (TPSA) is 75.3 Å². The van der Waals surface area contributed by atoms with Crippen molar-refractivity contribution < 1.29 is 41.7 Å². The van der Waals surface area contributed by atoms with Gasteiger partial charge in [0, 0.05) is 0 Å². The van der Waals surface area contributed by atoms with Crippen LogP contribution in [0.3, 0.4) is 0 Å². The molecule has 10 heteroatoms. The van der Waals surface area contributed by atoms with Crippen LogP contribution < -0.4 is 5.32 Å². The Labute approximate surface area is 165 Å². The number of rotatable bonds is 2. The highest BCUT2D eigenvalue weighted by atomic mass is 19.4. The third kappa shape index (κ3) is 3.87. The van der Waals surface area contributed by atoms with Crippen LogP contribution in [0, 0.1) is 0 Å². The molecule has 3 heterocycles. The summed E-state index contributed by atoms with van der Waals surface area (Å²) in [5, 5.41) is 2.31. The lowest BCUT2D eigenvalue weighted by Crippen LogP contribution is -2.58. The number of alkyl halides is 3. The van der Waals surface area contributed by atoms with E-state index in [4.69, 9.17) is 23.7 Å². The van der Waals surface area contributed by atoms with Crippen LogP contribution >= 0.6 is 0 Å². The number of hydrogen-bond acceptors (Lipinski definition) is 6. The first-order chi connectivity index (χ1) is 13.4. The number of carbonyl (C=O) groups is 1. The minimum atomic E-state index is -4.62. The molecule has 0 saturated carbocycles. The predicted octanol–water partition coefficient (Wildman–Crippen LogP) is 3.04. The number of anilines is 1. The molecule has 0 unspecified atom stereocenters. The average Bonchev–Trinajstić information content (AvgIpc) is 3.07. The van der Waals surface area contributed by atoms with E-state index in [-0.39, 0.29) is 5.69 Å². The molecular weight excluding hydrogens is 395 g/mol. The van der Waals surface area contributed by atoms with E-state index in [2.05, 4.69) is 5.32 Å². The number of benzene rings is 1. The monoisotopic (exact) mass is 417 g/mol. The molecule has 0 aromatic heterocycles. The molecule has 4 rings (SSSR count). The van der Waals surface area contributed by atoms with Crippen molar-refractivity contribution in [2.75, 3.05) is 5.32 Å². The number of halogens is 3. The van der Waals surface area contributed by atoms with Gasteiger partial charge in [0.15, 0.2) is 24.0 Å². The molecule has 0 aliphatic carbocycles. The van der Waals surface area contributed by atoms with Gasteiger partial charge in [0.25, 0.3) is 5.91 Å². The van der Waals surface area contributed by atoms with Crippen molar-refractivity contribution in [1.29, 1.82) is 0 Å². The molecule has 7 nitrogen and oxygen atoms in total. The van der Waals surface area contributed by atoms with Crippen LogP contribution in [-0.4, -0.2) is 48.2 Å². The summed E-state index contributed by atoms with van der Waals surface area (Å²) in [6, 6.07) is 4.72. The zero-order valence-electron chi connectivity index (χ0n) is 16.3. The quantitative estimate of drug-likeness (QED) is 0.797. The number of hydrogen-bond donors (Lipinski definition) is 1. The highest BCUT2D eigenvalue weighted by Crippen LogP contribution is 2.44. The molecule has 5 atom stereocenters. The van der Waals surface area contributed by atoms with Gasteiger partial charge in [0.1, 0.15) is 18.3 Å². The summed E-state index contributed by atoms with van der Waals surface area (Å²) >= 11 is 0. The lowest BCUT2D eigenvalue weighted by molar-refractivity contribution is -0.229. The summed E-state index contributed by atoms with van der Waals surface area (Å²) in [4.78, 5) is 12.9. The standard InChI is InChI=1S/C19H22F3NO6/c1-17(2)26-11-12(27-17)14-16(29-18(3,4)28-14)25-13(11)15(24)23-10-8-6-5-7-9(10)19(20,21)22/h5-8,11-14,16H,1-4H3,(H,23,24)/t11-,12-,13+,14-,16+/m1/s1. The smallest absolute Gasteiger partial charge is 0.342 e. The van der Waals surface area contributed by atoms with Gasteiger partial charge in [-0.15, -0.1) is 0 Å². The van der Waals surface area contributed by atoms with E-state index in [0.717, 1.165) is 6.07 Å². The molecule has 0 bridgehead atoms. The van der Waals surface area contributed by atoms with E-state index in [1.54, 1.807) is 27.7 Å². The Morgan fingerprint density at radius 2 is 1.52 bits per heavy atom. The highest BCUT2D eigenvalue weighted by Gasteiger charge is 2.62. The van der Waals surface area contributed by atoms with Gasteiger partial charge in [-0.3, -0.25) is 4.79 Å². The minimum Gasteiger partial charge on any atom is -0.342 e. The minimum absolute atomic E-state index is 0.366. The normalized spacial score (nSPS) is 35.1. The van der Waals surface area contributed by atoms with Gasteiger partial charge < -0.3 is 29.0 Å². The van der Waals surface area contributed by atoms with E-state index >= 15 is 0 Å². The molecular formula is C19H22F3NO6. The lowest BCUT2D eigenvalue weighted by atomic mass is 9.98. The Hall–Kier alpha value is -1.72. The fourth-order valence-corrected chi connectivity index (χ4v) is 3.87. The van der Waals surface area contributed by atoms with E-state index in [1.165, 1.54) is 18.2 Å². The first-order valence-electron chi connectivity index (χ1n) is 9.20. The maximum absolute atomic E-state index is 13.3. The van der Waals surface area contributed by atoms with Gasteiger partial charge >= 0.3 is 6.18 Å². The van der Waals surface area contributed by atoms with Gasteiger partial charge in [-0.2, -0.15) is 13.2 Å². The summed E-state index contributed by atoms with van der Waals surface area (Å²) in [6.07, 6.45) is -8.98. The number of nitrogens with one attached hydrogen (secondary N) is 1. The van der Waals surface area contributed by atoms with Crippen LogP contribution in [0.4, 0.5) is 18.9 Å². The molecule has 0 spiro atoms. The van der Waals surface area contributed by atoms with Crippen molar-refractivity contribution >= 4 is 11.6 Å². The fraction of sp³-hybridized carbons (Fsp3) is 0.632. The van der Waals surface area contributed by atoms with Crippen molar-refractivity contribution in [2.45, 2.75) is 76.2 Å². The van der Waals surface area contributed by atoms with Crippen LogP contribution in [0.1, 0.15) is 33.3 Å². The van der Waals surface area contributed by atoms with E-state index in [1.807, 2.05) is 0 Å². The fourth-order valence-electron chi connectivity index (χ4n) is 3.87. The number of fused-ring (bicyclic) bond motifs is 3. The third-order valence-electron chi connectivity index (χ3n) is 4.90. The van der Waals surface area contributed by atoms with Gasteiger partial charge in [-0.1, -0.05) is 12.1 Å². The van der Waals surface area contributed by atoms with Crippen LogP contribution in [0.25, 0.3) is 0 Å². The first-order valence-corrected chi connectivity index (χ1v) is 9.20. The van der Waals surface area contributed by atoms with Crippen molar-refractivity contribution in [3.63, 3.8) is 0 Å². The maximum atomic E-state index is 13.3. The third-order valence-corrected chi connectivity index (χ3v) is 4.90. The van der Waals surface area contributed by atoms with Crippen molar-refractivity contribution in [1.82, 2.24) is 0 Å². The molecule has 29 heavy (non-hydrogen) atoms. The summed E-state index contributed by atoms with van der Waals surface area (Å²) in [7, 11) is 0. The van der Waals surface area contributed by atoms with Crippen molar-refractivity contribution in [3.05, 3.63) is 29.8 Å². The SMILES string of the molecule is CC1(C)O[C@@H]2[C@@H](O1)[C@@H](C(=O)Nc1ccccc1C(F)(F)F)O[C@H]1OC(C)(C)O[C@@H]12. The van der Waals surface area contributed by atoms with E-state index in [9.17, 15) is 18.0 Å². The first kappa shape index (κ1) is 20.5. The van der Waals surface area contributed by atoms with Crippen LogP contribution in [-0.2, 0) is 34.7 Å². The Morgan fingerprint density at radius 1 is 0.931 bits per heavy atom. The molecule has 1 N–H and O–H groups in total. The Bertz CT molecular complexity index is 811. The van der Waals surface area contributed by atoms with Crippen molar-refractivity contribution in [2.24, 2.45) is 0 Å². The number of amides is 1. The zero-order valence-corrected chi connectivity index (χ0v) is 16.3. The van der Waals surface area contributed by atoms with Crippen LogP contribution in [0.5, 0.6) is 0 Å². The summed E-state index contributed by atoms with van der Waals surface area (Å²) < 4.78 is 68.8. The lowest BCUT2D eigenvalue weighted by Gasteiger charge is -2.36. The second kappa shape index (κ2) is 6.64. The highest BCUT2D eigenvalue weighted by molar-refractivity contribution is 5.95. The second-order valence-electron chi connectivity index (χ2n) is 8.12. The Kier molecular flexibility index (Phi) is 4.71.